The van der Waals surface area contributed by atoms with E-state index in [1.165, 1.54) is 30.3 Å². The second kappa shape index (κ2) is 5.46. The van der Waals surface area contributed by atoms with E-state index in [1.54, 1.807) is 0 Å². The first-order chi connectivity index (χ1) is 9.33. The van der Waals surface area contributed by atoms with Gasteiger partial charge in [-0.25, -0.2) is 0 Å². The van der Waals surface area contributed by atoms with E-state index in [-0.39, 0.29) is 5.56 Å². The summed E-state index contributed by atoms with van der Waals surface area (Å²) in [7, 11) is -6.77. The Morgan fingerprint density at radius 3 is 1.90 bits per heavy atom. The van der Waals surface area contributed by atoms with Gasteiger partial charge < -0.3 is 4.74 Å². The van der Waals surface area contributed by atoms with Crippen molar-refractivity contribution in [2.24, 2.45) is 0 Å². The van der Waals surface area contributed by atoms with E-state index < -0.39 is 34.0 Å². The van der Waals surface area contributed by atoms with Crippen LogP contribution < -0.4 is 0 Å². The fourth-order valence-corrected chi connectivity index (χ4v) is 1.61. The third-order valence-electron chi connectivity index (χ3n) is 2.32. The molecule has 0 atom stereocenters. The van der Waals surface area contributed by atoms with Gasteiger partial charge in [-0.2, -0.15) is 34.8 Å². The van der Waals surface area contributed by atoms with Gasteiger partial charge >= 0.3 is 27.4 Å². The molecule has 1 aromatic rings. The van der Waals surface area contributed by atoms with Gasteiger partial charge in [-0.1, -0.05) is 30.3 Å². The lowest BCUT2D eigenvalue weighted by Gasteiger charge is -2.30. The second-order valence-electron chi connectivity index (χ2n) is 3.86. The molecule has 1 rings (SSSR count). The summed E-state index contributed by atoms with van der Waals surface area (Å²) in [6, 6.07) is 6.55. The molecule has 0 heterocycles. The monoisotopic (exact) mass is 338 g/mol. The summed E-state index contributed by atoms with van der Waals surface area (Å²) in [5.41, 5.74) is -0.0388. The topological polar surface area (TPSA) is 63.6 Å². The van der Waals surface area contributed by atoms with E-state index in [9.17, 15) is 34.8 Å². The first kappa shape index (κ1) is 17.7. The molecule has 0 spiro atoms. The normalized spacial score (nSPS) is 14.2. The molecule has 1 N–H and O–H groups in total. The molecule has 0 saturated heterocycles. The van der Waals surface area contributed by atoms with Crippen LogP contribution in [0.25, 0.3) is 0 Å². The molecule has 0 aromatic heterocycles. The molecule has 1 aromatic carbocycles. The van der Waals surface area contributed by atoms with Crippen LogP contribution in [0, 0.1) is 0 Å². The summed E-state index contributed by atoms with van der Waals surface area (Å²) < 4.78 is 109. The molecule has 0 fully saturated rings. The maximum absolute atomic E-state index is 13.1. The highest BCUT2D eigenvalue weighted by Crippen LogP contribution is 2.48. The van der Waals surface area contributed by atoms with Crippen molar-refractivity contribution >= 4 is 10.1 Å². The van der Waals surface area contributed by atoms with Gasteiger partial charge in [0.1, 0.15) is 0 Å². The van der Waals surface area contributed by atoms with Crippen molar-refractivity contribution in [3.63, 3.8) is 0 Å². The van der Waals surface area contributed by atoms with Crippen LogP contribution in [0.2, 0.25) is 0 Å². The smallest absolute Gasteiger partial charge is 0.311 e. The molecule has 0 bridgehead atoms. The summed E-state index contributed by atoms with van der Waals surface area (Å²) >= 11 is 0. The molecule has 0 aliphatic rings. The number of ether oxygens (including phenoxy) is 1. The summed E-state index contributed by atoms with van der Waals surface area (Å²) in [6.45, 7) is -1.18. The number of benzene rings is 1. The summed E-state index contributed by atoms with van der Waals surface area (Å²) in [5.74, 6) is -6.47. The Balaban J connectivity index is 3.00. The lowest BCUT2D eigenvalue weighted by molar-refractivity contribution is -0.386. The van der Waals surface area contributed by atoms with Crippen molar-refractivity contribution in [2.75, 3.05) is 0 Å². The minimum absolute atomic E-state index is 0.0388. The van der Waals surface area contributed by atoms with Crippen LogP contribution in [0.3, 0.4) is 0 Å². The van der Waals surface area contributed by atoms with E-state index in [0.29, 0.717) is 0 Å². The molecule has 0 unspecified atom stereocenters. The zero-order valence-corrected chi connectivity index (χ0v) is 10.8. The van der Waals surface area contributed by atoms with Gasteiger partial charge in [0.05, 0.1) is 6.61 Å². The van der Waals surface area contributed by atoms with E-state index >= 15 is 0 Å². The van der Waals surface area contributed by atoms with Crippen molar-refractivity contribution < 1.29 is 44.0 Å². The van der Waals surface area contributed by atoms with Crippen LogP contribution in [0.1, 0.15) is 5.56 Å². The Morgan fingerprint density at radius 1 is 1.00 bits per heavy atom. The molecule has 0 saturated carbocycles. The van der Waals surface area contributed by atoms with Gasteiger partial charge in [-0.15, -0.1) is 0 Å². The molecule has 4 nitrogen and oxygen atoms in total. The highest BCUT2D eigenvalue weighted by atomic mass is 32.2. The van der Waals surface area contributed by atoms with E-state index in [2.05, 4.69) is 4.74 Å². The van der Waals surface area contributed by atoms with Crippen molar-refractivity contribution in [1.82, 2.24) is 0 Å². The van der Waals surface area contributed by atoms with Gasteiger partial charge in [-0.05, 0) is 5.56 Å². The number of hydrogen-bond acceptors (Lipinski definition) is 3. The maximum atomic E-state index is 13.1. The van der Waals surface area contributed by atoms with Crippen molar-refractivity contribution in [2.45, 2.75) is 23.9 Å². The zero-order valence-electron chi connectivity index (χ0n) is 9.94. The van der Waals surface area contributed by atoms with Gasteiger partial charge in [0.25, 0.3) is 0 Å². The summed E-state index contributed by atoms with van der Waals surface area (Å²) in [4.78, 5) is 0. The van der Waals surface area contributed by atoms with Crippen LogP contribution in [0.4, 0.5) is 26.3 Å². The highest BCUT2D eigenvalue weighted by Gasteiger charge is 2.78. The molecule has 120 valence electrons. The predicted octanol–water partition coefficient (Wildman–Crippen LogP) is 2.91. The van der Waals surface area contributed by atoms with Crippen molar-refractivity contribution in [1.29, 1.82) is 0 Å². The van der Waals surface area contributed by atoms with E-state index in [4.69, 9.17) is 4.55 Å². The standard InChI is InChI=1S/C10H8F6O4S/c11-8(12,10(15,16)21(17,18)19)9(13,14)20-6-7-4-2-1-3-5-7/h1-5H,6H2,(H,17,18,19). The fourth-order valence-electron chi connectivity index (χ4n) is 1.17. The SMILES string of the molecule is O=S(=O)(O)C(F)(F)C(F)(F)C(F)(F)OCc1ccccc1. The Hall–Kier alpha value is -1.33. The maximum Gasteiger partial charge on any atom is 0.440 e. The molecular formula is C10H8F6O4S. The van der Waals surface area contributed by atoms with Crippen molar-refractivity contribution in [3.8, 4) is 0 Å². The number of hydrogen-bond donors (Lipinski definition) is 1. The summed E-state index contributed by atoms with van der Waals surface area (Å²) in [6.07, 6.45) is -5.83. The average Bonchev–Trinajstić information content (AvgIpc) is 2.36. The zero-order chi connectivity index (χ0) is 16.5. The first-order valence-electron chi connectivity index (χ1n) is 5.11. The molecule has 0 aliphatic carbocycles. The minimum Gasteiger partial charge on any atom is -0.311 e. The Kier molecular flexibility index (Phi) is 4.61. The minimum atomic E-state index is -6.77. The molecule has 0 radical (unpaired) electrons. The van der Waals surface area contributed by atoms with Crippen LogP contribution in [-0.4, -0.2) is 30.3 Å². The number of rotatable bonds is 6. The fraction of sp³-hybridized carbons (Fsp3) is 0.400. The number of alkyl halides is 6. The van der Waals surface area contributed by atoms with Crippen LogP contribution in [0.5, 0.6) is 0 Å². The molecular weight excluding hydrogens is 330 g/mol. The second-order valence-corrected chi connectivity index (χ2v) is 5.32. The van der Waals surface area contributed by atoms with Crippen LogP contribution in [-0.2, 0) is 21.5 Å². The third-order valence-corrected chi connectivity index (χ3v) is 3.22. The predicted molar refractivity (Wildman–Crippen MR) is 57.6 cm³/mol. The third kappa shape index (κ3) is 3.30. The van der Waals surface area contributed by atoms with Gasteiger partial charge in [0, 0.05) is 0 Å². The Bertz CT molecular complexity index is 587. The molecule has 0 amide bonds. The molecule has 21 heavy (non-hydrogen) atoms. The van der Waals surface area contributed by atoms with E-state index in [0.717, 1.165) is 0 Å². The largest absolute Gasteiger partial charge is 0.440 e. The van der Waals surface area contributed by atoms with E-state index in [1.807, 2.05) is 0 Å². The van der Waals surface area contributed by atoms with Gasteiger partial charge in [0.2, 0.25) is 0 Å². The summed E-state index contributed by atoms with van der Waals surface area (Å²) in [5, 5.41) is -6.42. The van der Waals surface area contributed by atoms with Crippen LogP contribution in [0.15, 0.2) is 30.3 Å². The molecule has 0 aliphatic heterocycles. The lowest BCUT2D eigenvalue weighted by Crippen LogP contribution is -2.58. The Labute approximate surface area is 115 Å². The quantitative estimate of drug-likeness (QED) is 0.640. The van der Waals surface area contributed by atoms with Gasteiger partial charge in [0.15, 0.2) is 0 Å². The average molecular weight is 338 g/mol. The van der Waals surface area contributed by atoms with Gasteiger partial charge in [-0.3, -0.25) is 4.55 Å². The first-order valence-corrected chi connectivity index (χ1v) is 6.55. The lowest BCUT2D eigenvalue weighted by atomic mass is 10.2. The Morgan fingerprint density at radius 2 is 1.48 bits per heavy atom. The highest BCUT2D eigenvalue weighted by molar-refractivity contribution is 7.87. The molecule has 11 heteroatoms. The van der Waals surface area contributed by atoms with Crippen LogP contribution >= 0.6 is 0 Å². The van der Waals surface area contributed by atoms with Crippen molar-refractivity contribution in [3.05, 3.63) is 35.9 Å². The number of halogens is 6.